The molecule has 0 bridgehead atoms. The summed E-state index contributed by atoms with van der Waals surface area (Å²) in [6, 6.07) is 5.95. The molecular weight excluding hydrogens is 158 g/mol. The van der Waals surface area contributed by atoms with E-state index >= 15 is 0 Å². The molecule has 0 radical (unpaired) electrons. The monoisotopic (exact) mass is 166 g/mol. The summed E-state index contributed by atoms with van der Waals surface area (Å²) in [5.74, 6) is 0. The molecule has 0 aliphatic carbocycles. The van der Waals surface area contributed by atoms with Crippen LogP contribution in [0.15, 0.2) is 24.4 Å². The predicted molar refractivity (Wildman–Crippen MR) is 44.8 cm³/mol. The van der Waals surface area contributed by atoms with E-state index in [0.717, 1.165) is 10.8 Å². The van der Waals surface area contributed by atoms with E-state index in [1.807, 2.05) is 35.2 Å². The van der Waals surface area contributed by atoms with Gasteiger partial charge in [-0.3, -0.25) is 0 Å². The molecule has 0 aliphatic rings. The number of rotatable bonds is 1. The van der Waals surface area contributed by atoms with Crippen LogP contribution < -0.4 is 9.11 Å². The summed E-state index contributed by atoms with van der Waals surface area (Å²) >= 11 is 1.59. The van der Waals surface area contributed by atoms with Gasteiger partial charge in [-0.05, 0) is 11.1 Å². The van der Waals surface area contributed by atoms with Gasteiger partial charge in [0.2, 0.25) is 0 Å². The first-order chi connectivity index (χ1) is 5.40. The summed E-state index contributed by atoms with van der Waals surface area (Å²) in [5.41, 5.74) is 0.988. The molecule has 0 amide bonds. The Bertz CT molecular complexity index is 335. The first-order valence-electron chi connectivity index (χ1n) is 3.35. The second-order valence-electron chi connectivity index (χ2n) is 2.14. The van der Waals surface area contributed by atoms with Crippen LogP contribution in [0.3, 0.4) is 0 Å². The van der Waals surface area contributed by atoms with Gasteiger partial charge in [0.1, 0.15) is 17.7 Å². The topological polar surface area (TPSA) is 29.0 Å². The zero-order chi connectivity index (χ0) is 7.68. The van der Waals surface area contributed by atoms with Crippen molar-refractivity contribution in [1.29, 1.82) is 0 Å². The van der Waals surface area contributed by atoms with Gasteiger partial charge in [-0.25, -0.2) is 0 Å². The quantitative estimate of drug-likeness (QED) is 0.638. The molecule has 0 aliphatic heterocycles. The molecule has 0 unspecified atom stereocenters. The minimum absolute atomic E-state index is 0.941. The summed E-state index contributed by atoms with van der Waals surface area (Å²) < 4.78 is 2.02. The minimum atomic E-state index is 0.941. The maximum Gasteiger partial charge on any atom is 0.342 e. The van der Waals surface area contributed by atoms with Crippen molar-refractivity contribution in [2.24, 2.45) is 0 Å². The lowest BCUT2D eigenvalue weighted by Crippen LogP contribution is -2.12. The lowest BCUT2D eigenvalue weighted by atomic mass is 10.5. The van der Waals surface area contributed by atoms with Crippen LogP contribution in [-0.2, 0) is 0 Å². The highest BCUT2D eigenvalue weighted by Gasteiger charge is 2.09. The van der Waals surface area contributed by atoms with Crippen molar-refractivity contribution in [3.63, 3.8) is 0 Å². The van der Waals surface area contributed by atoms with Gasteiger partial charge in [0, 0.05) is 13.1 Å². The van der Waals surface area contributed by atoms with E-state index in [4.69, 9.17) is 0 Å². The van der Waals surface area contributed by atoms with E-state index in [1.54, 1.807) is 11.5 Å². The van der Waals surface area contributed by atoms with Crippen molar-refractivity contribution in [3.05, 3.63) is 24.4 Å². The second kappa shape index (κ2) is 2.47. The van der Waals surface area contributed by atoms with Gasteiger partial charge in [0.05, 0.1) is 0 Å². The van der Waals surface area contributed by atoms with Gasteiger partial charge in [-0.1, -0.05) is 6.07 Å². The number of fused-ring (bicyclic) bond motifs is 1. The fourth-order valence-corrected chi connectivity index (χ4v) is 1.64. The Labute approximate surface area is 68.5 Å². The van der Waals surface area contributed by atoms with E-state index in [0.29, 0.717) is 0 Å². The molecule has 2 aromatic rings. The van der Waals surface area contributed by atoms with Crippen LogP contribution in [0.5, 0.6) is 0 Å². The predicted octanol–water partition coefficient (Wildman–Crippen LogP) is 0.923. The number of hydrogen-bond acceptors (Lipinski definition) is 3. The highest BCUT2D eigenvalue weighted by atomic mass is 32.1. The molecule has 4 heteroatoms. The van der Waals surface area contributed by atoms with Crippen LogP contribution in [0.1, 0.15) is 0 Å². The standard InChI is InChI=1S/C7H7N3S/c1-8-7-9-6-4-2-3-5-10(6)11-7/h2-5H,1H3/p+1. The van der Waals surface area contributed by atoms with E-state index in [1.165, 1.54) is 0 Å². The third-order valence-corrected chi connectivity index (χ3v) is 2.39. The maximum atomic E-state index is 4.30. The van der Waals surface area contributed by atoms with Crippen LogP contribution in [0.2, 0.25) is 0 Å². The summed E-state index contributed by atoms with van der Waals surface area (Å²) in [5, 5.41) is 3.94. The normalized spacial score (nSPS) is 10.3. The lowest BCUT2D eigenvalue weighted by Gasteiger charge is -1.76. The SMILES string of the molecule is CNc1nc2cccc[n+]2s1. The Morgan fingerprint density at radius 1 is 1.55 bits per heavy atom. The van der Waals surface area contributed by atoms with Crippen molar-refractivity contribution >= 4 is 22.3 Å². The van der Waals surface area contributed by atoms with Crippen LogP contribution in [0, 0.1) is 0 Å². The van der Waals surface area contributed by atoms with Crippen molar-refractivity contribution in [3.8, 4) is 0 Å². The molecule has 2 rings (SSSR count). The first kappa shape index (κ1) is 6.54. The second-order valence-corrected chi connectivity index (χ2v) is 3.11. The zero-order valence-electron chi connectivity index (χ0n) is 6.11. The summed E-state index contributed by atoms with van der Waals surface area (Å²) in [6.07, 6.45) is 1.99. The lowest BCUT2D eigenvalue weighted by molar-refractivity contribution is -0.433. The Kier molecular flexibility index (Phi) is 1.47. The fraction of sp³-hybridized carbons (Fsp3) is 0.143. The molecule has 0 fully saturated rings. The highest BCUT2D eigenvalue weighted by Crippen LogP contribution is 2.07. The number of nitrogens with one attached hydrogen (secondary N) is 1. The third-order valence-electron chi connectivity index (χ3n) is 1.42. The Morgan fingerprint density at radius 2 is 2.45 bits per heavy atom. The van der Waals surface area contributed by atoms with Gasteiger partial charge < -0.3 is 5.32 Å². The minimum Gasteiger partial charge on any atom is -0.341 e. The Balaban J connectivity index is 2.69. The molecule has 56 valence electrons. The van der Waals surface area contributed by atoms with Crippen molar-refractivity contribution < 1.29 is 3.79 Å². The van der Waals surface area contributed by atoms with E-state index < -0.39 is 0 Å². The van der Waals surface area contributed by atoms with Crippen molar-refractivity contribution in [2.45, 2.75) is 0 Å². The average molecular weight is 166 g/mol. The number of nitrogens with zero attached hydrogens (tertiary/aromatic N) is 2. The van der Waals surface area contributed by atoms with Crippen molar-refractivity contribution in [1.82, 2.24) is 4.98 Å². The van der Waals surface area contributed by atoms with Gasteiger partial charge in [0.15, 0.2) is 0 Å². The molecule has 0 atom stereocenters. The fourth-order valence-electron chi connectivity index (χ4n) is 0.902. The number of pyridine rings is 1. The summed E-state index contributed by atoms with van der Waals surface area (Å²) in [7, 11) is 1.87. The Hall–Kier alpha value is -1.16. The molecule has 0 aromatic carbocycles. The van der Waals surface area contributed by atoms with Crippen LogP contribution in [0.4, 0.5) is 5.13 Å². The van der Waals surface area contributed by atoms with Crippen LogP contribution in [0.25, 0.3) is 5.65 Å². The molecule has 2 heterocycles. The average Bonchev–Trinajstić information content (AvgIpc) is 2.46. The van der Waals surface area contributed by atoms with Gasteiger partial charge in [-0.2, -0.15) is 0 Å². The van der Waals surface area contributed by atoms with Crippen LogP contribution in [-0.4, -0.2) is 12.0 Å². The number of hydrogen-bond donors (Lipinski definition) is 1. The Morgan fingerprint density at radius 3 is 3.18 bits per heavy atom. The van der Waals surface area contributed by atoms with E-state index in [-0.39, 0.29) is 0 Å². The smallest absolute Gasteiger partial charge is 0.341 e. The highest BCUT2D eigenvalue weighted by molar-refractivity contribution is 7.06. The van der Waals surface area contributed by atoms with Crippen LogP contribution >= 0.6 is 11.5 Å². The summed E-state index contributed by atoms with van der Waals surface area (Å²) in [4.78, 5) is 4.30. The number of anilines is 1. The molecule has 0 saturated carbocycles. The van der Waals surface area contributed by atoms with Gasteiger partial charge >= 0.3 is 10.8 Å². The molecule has 2 aromatic heterocycles. The molecule has 0 spiro atoms. The largest absolute Gasteiger partial charge is 0.342 e. The maximum absolute atomic E-state index is 4.30. The molecule has 1 N–H and O–H groups in total. The molecule has 0 saturated heterocycles. The van der Waals surface area contributed by atoms with Gasteiger partial charge in [-0.15, -0.1) is 3.79 Å². The molecular formula is C7H8N3S+. The number of aromatic nitrogens is 2. The zero-order valence-corrected chi connectivity index (χ0v) is 6.93. The van der Waals surface area contributed by atoms with Crippen molar-refractivity contribution in [2.75, 3.05) is 12.4 Å². The first-order valence-corrected chi connectivity index (χ1v) is 4.13. The van der Waals surface area contributed by atoms with E-state index in [9.17, 15) is 0 Å². The third kappa shape index (κ3) is 1.05. The molecule has 3 nitrogen and oxygen atoms in total. The summed E-state index contributed by atoms with van der Waals surface area (Å²) in [6.45, 7) is 0. The van der Waals surface area contributed by atoms with Gasteiger partial charge in [0.25, 0.3) is 0 Å². The molecule has 11 heavy (non-hydrogen) atoms. The van der Waals surface area contributed by atoms with E-state index in [2.05, 4.69) is 10.3 Å².